The highest BCUT2D eigenvalue weighted by Gasteiger charge is 2.20. The van der Waals surface area contributed by atoms with E-state index in [9.17, 15) is 4.39 Å². The second-order valence-electron chi connectivity index (χ2n) is 6.58. The Morgan fingerprint density at radius 2 is 2.08 bits per heavy atom. The van der Waals surface area contributed by atoms with Crippen molar-refractivity contribution >= 4 is 11.2 Å². The summed E-state index contributed by atoms with van der Waals surface area (Å²) in [6.45, 7) is 5.59. The van der Waals surface area contributed by atoms with E-state index in [0.29, 0.717) is 36.4 Å². The highest BCUT2D eigenvalue weighted by Crippen LogP contribution is 2.31. The Hall–Kier alpha value is -2.54. The predicted molar refractivity (Wildman–Crippen MR) is 96.9 cm³/mol. The first-order valence-electron chi connectivity index (χ1n) is 8.97. The van der Waals surface area contributed by atoms with Gasteiger partial charge in [0.25, 0.3) is 0 Å². The predicted octanol–water partition coefficient (Wildman–Crippen LogP) is 2.32. The average Bonchev–Trinajstić information content (AvgIpc) is 3.20. The maximum absolute atomic E-state index is 13.7. The second-order valence-corrected chi connectivity index (χ2v) is 6.58. The van der Waals surface area contributed by atoms with Gasteiger partial charge in [0.15, 0.2) is 5.65 Å². The van der Waals surface area contributed by atoms with Crippen LogP contribution in [0.5, 0.6) is 5.75 Å². The molecule has 2 N–H and O–H groups in total. The zero-order chi connectivity index (χ0) is 18.3. The van der Waals surface area contributed by atoms with Crippen LogP contribution in [0.4, 0.5) is 4.39 Å². The van der Waals surface area contributed by atoms with Gasteiger partial charge in [-0.2, -0.15) is 9.37 Å². The molecular weight excluding hydrogens is 333 g/mol. The molecule has 3 aromatic rings. The molecule has 0 saturated heterocycles. The van der Waals surface area contributed by atoms with Crippen molar-refractivity contribution in [1.82, 2.24) is 19.5 Å². The van der Waals surface area contributed by atoms with E-state index in [4.69, 9.17) is 15.5 Å². The van der Waals surface area contributed by atoms with E-state index in [1.165, 1.54) is 16.7 Å². The Balaban J connectivity index is 1.82. The van der Waals surface area contributed by atoms with Crippen molar-refractivity contribution in [3.63, 3.8) is 0 Å². The molecule has 6 nitrogen and oxygen atoms in total. The van der Waals surface area contributed by atoms with Gasteiger partial charge >= 0.3 is 6.08 Å². The van der Waals surface area contributed by atoms with Crippen LogP contribution in [0.2, 0.25) is 0 Å². The minimum atomic E-state index is -0.736. The molecule has 0 fully saturated rings. The highest BCUT2D eigenvalue weighted by molar-refractivity contribution is 5.74. The zero-order valence-corrected chi connectivity index (χ0v) is 15.0. The molecule has 7 heteroatoms. The lowest BCUT2D eigenvalue weighted by Crippen LogP contribution is -2.14. The second kappa shape index (κ2) is 6.64. The van der Waals surface area contributed by atoms with Gasteiger partial charge in [0.2, 0.25) is 0 Å². The van der Waals surface area contributed by atoms with E-state index in [-0.39, 0.29) is 0 Å². The first-order valence-corrected chi connectivity index (χ1v) is 8.97. The lowest BCUT2D eigenvalue weighted by molar-refractivity contribution is 0.356. The van der Waals surface area contributed by atoms with Crippen LogP contribution >= 0.6 is 0 Å². The number of aryl methyl sites for hydroxylation is 2. The number of aromatic nitrogens is 4. The van der Waals surface area contributed by atoms with Crippen molar-refractivity contribution in [1.29, 1.82) is 0 Å². The molecule has 26 heavy (non-hydrogen) atoms. The quantitative estimate of drug-likeness (QED) is 0.711. The highest BCUT2D eigenvalue weighted by atomic mass is 19.1. The summed E-state index contributed by atoms with van der Waals surface area (Å²) in [5, 5.41) is 0. The largest absolute Gasteiger partial charge is 0.493 e. The molecule has 1 aliphatic rings. The van der Waals surface area contributed by atoms with Crippen LogP contribution in [0.3, 0.4) is 0 Å². The van der Waals surface area contributed by atoms with E-state index < -0.39 is 6.08 Å². The van der Waals surface area contributed by atoms with Gasteiger partial charge in [0, 0.05) is 25.9 Å². The SMILES string of the molecule is CCc1cc2c(cc1Cc1nc3c(C)nc(F)nc3n1CCN)OCC2. The Labute approximate surface area is 151 Å². The normalized spacial score (nSPS) is 13.2. The van der Waals surface area contributed by atoms with Crippen molar-refractivity contribution < 1.29 is 9.13 Å². The summed E-state index contributed by atoms with van der Waals surface area (Å²) in [4.78, 5) is 12.5. The third-order valence-corrected chi connectivity index (χ3v) is 4.91. The third-order valence-electron chi connectivity index (χ3n) is 4.91. The molecule has 0 saturated carbocycles. The lowest BCUT2D eigenvalue weighted by Gasteiger charge is -2.12. The number of halogens is 1. The third kappa shape index (κ3) is 2.82. The summed E-state index contributed by atoms with van der Waals surface area (Å²) in [5.41, 5.74) is 11.2. The van der Waals surface area contributed by atoms with Crippen molar-refractivity contribution in [2.24, 2.45) is 5.73 Å². The van der Waals surface area contributed by atoms with Crippen molar-refractivity contribution in [3.8, 4) is 5.75 Å². The summed E-state index contributed by atoms with van der Waals surface area (Å²) in [6.07, 6.45) is 1.78. The van der Waals surface area contributed by atoms with Crippen LogP contribution in [-0.4, -0.2) is 32.7 Å². The summed E-state index contributed by atoms with van der Waals surface area (Å²) in [5.74, 6) is 1.78. The Kier molecular flexibility index (Phi) is 4.32. The number of ether oxygens (including phenoxy) is 1. The van der Waals surface area contributed by atoms with Gasteiger partial charge in [0.05, 0.1) is 12.3 Å². The van der Waals surface area contributed by atoms with E-state index in [1.807, 2.05) is 4.57 Å². The maximum Gasteiger partial charge on any atom is 0.310 e. The lowest BCUT2D eigenvalue weighted by atomic mass is 9.98. The first kappa shape index (κ1) is 16.9. The van der Waals surface area contributed by atoms with Crippen LogP contribution in [0.25, 0.3) is 11.2 Å². The van der Waals surface area contributed by atoms with Gasteiger partial charge in [-0.3, -0.25) is 0 Å². The molecule has 4 rings (SSSR count). The van der Waals surface area contributed by atoms with Crippen LogP contribution in [0, 0.1) is 13.0 Å². The molecular formula is C19H22FN5O. The minimum absolute atomic E-state index is 0.428. The summed E-state index contributed by atoms with van der Waals surface area (Å²) in [7, 11) is 0. The Morgan fingerprint density at radius 3 is 2.85 bits per heavy atom. The van der Waals surface area contributed by atoms with Crippen LogP contribution in [0.15, 0.2) is 12.1 Å². The number of fused-ring (bicyclic) bond motifs is 2. The minimum Gasteiger partial charge on any atom is -0.493 e. The van der Waals surface area contributed by atoms with E-state index in [2.05, 4.69) is 29.0 Å². The fraction of sp³-hybridized carbons (Fsp3) is 0.421. The molecule has 0 bridgehead atoms. The monoisotopic (exact) mass is 355 g/mol. The van der Waals surface area contributed by atoms with Gasteiger partial charge in [-0.25, -0.2) is 9.97 Å². The van der Waals surface area contributed by atoms with Crippen LogP contribution < -0.4 is 10.5 Å². The van der Waals surface area contributed by atoms with Gasteiger partial charge < -0.3 is 15.0 Å². The number of benzene rings is 1. The smallest absolute Gasteiger partial charge is 0.310 e. The number of hydrogen-bond donors (Lipinski definition) is 1. The molecule has 1 aromatic carbocycles. The molecule has 0 radical (unpaired) electrons. The number of hydrogen-bond acceptors (Lipinski definition) is 5. The Morgan fingerprint density at radius 1 is 1.23 bits per heavy atom. The van der Waals surface area contributed by atoms with Gasteiger partial charge in [-0.05, 0) is 36.1 Å². The zero-order valence-electron chi connectivity index (χ0n) is 15.0. The molecule has 3 heterocycles. The Bertz CT molecular complexity index is 982. The maximum atomic E-state index is 13.7. The fourth-order valence-corrected chi connectivity index (χ4v) is 3.63. The summed E-state index contributed by atoms with van der Waals surface area (Å²) >= 11 is 0. The molecule has 0 unspecified atom stereocenters. The summed E-state index contributed by atoms with van der Waals surface area (Å²) in [6, 6.07) is 4.35. The summed E-state index contributed by atoms with van der Waals surface area (Å²) < 4.78 is 21.3. The van der Waals surface area contributed by atoms with Crippen molar-refractivity contribution in [2.45, 2.75) is 39.7 Å². The standard InChI is InChI=1S/C19H22FN5O/c1-3-12-8-13-4-7-26-15(13)9-14(12)10-16-23-17-11(2)22-19(20)24-18(17)25(16)6-5-21/h8-9H,3-7,10,21H2,1-2H3. The number of imidazole rings is 1. The van der Waals surface area contributed by atoms with Crippen LogP contribution in [0.1, 0.15) is 35.1 Å². The molecule has 1 aliphatic heterocycles. The first-order chi connectivity index (χ1) is 12.6. The van der Waals surface area contributed by atoms with Gasteiger partial charge in [-0.15, -0.1) is 0 Å². The van der Waals surface area contributed by atoms with Gasteiger partial charge in [0.1, 0.15) is 17.1 Å². The van der Waals surface area contributed by atoms with E-state index in [0.717, 1.165) is 31.0 Å². The van der Waals surface area contributed by atoms with Crippen molar-refractivity contribution in [2.75, 3.05) is 13.2 Å². The fourth-order valence-electron chi connectivity index (χ4n) is 3.63. The van der Waals surface area contributed by atoms with Crippen molar-refractivity contribution in [3.05, 3.63) is 46.4 Å². The topological polar surface area (TPSA) is 78.9 Å². The van der Waals surface area contributed by atoms with E-state index in [1.54, 1.807) is 6.92 Å². The number of nitrogens with two attached hydrogens (primary N) is 1. The molecule has 0 atom stereocenters. The molecule has 2 aromatic heterocycles. The van der Waals surface area contributed by atoms with Crippen LogP contribution in [-0.2, 0) is 25.8 Å². The molecule has 0 amide bonds. The molecule has 0 aliphatic carbocycles. The average molecular weight is 355 g/mol. The molecule has 0 spiro atoms. The number of rotatable bonds is 5. The number of nitrogens with zero attached hydrogens (tertiary/aromatic N) is 4. The van der Waals surface area contributed by atoms with Gasteiger partial charge in [-0.1, -0.05) is 13.0 Å². The van der Waals surface area contributed by atoms with E-state index >= 15 is 0 Å². The molecule has 136 valence electrons.